The number of aromatic nitrogens is 1. The van der Waals surface area contributed by atoms with Gasteiger partial charge in [-0.05, 0) is 43.6 Å². The Morgan fingerprint density at radius 1 is 1.09 bits per heavy atom. The lowest BCUT2D eigenvalue weighted by Crippen LogP contribution is -2.37. The third kappa shape index (κ3) is 3.71. The van der Waals surface area contributed by atoms with E-state index in [1.165, 1.54) is 12.8 Å². The minimum absolute atomic E-state index is 0.0139. The number of nitrogens with one attached hydrogen (secondary N) is 1. The average Bonchev–Trinajstić information content (AvgIpc) is 3.09. The van der Waals surface area contributed by atoms with Gasteiger partial charge in [0, 0.05) is 24.5 Å². The van der Waals surface area contributed by atoms with Crippen LogP contribution in [0.4, 0.5) is 0 Å². The normalized spacial score (nSPS) is 16.4. The molecule has 0 bridgehead atoms. The van der Waals surface area contributed by atoms with E-state index in [-0.39, 0.29) is 11.9 Å². The summed E-state index contributed by atoms with van der Waals surface area (Å²) in [6.45, 7) is 3.10. The lowest BCUT2D eigenvalue weighted by atomic mass is 10.1. The quantitative estimate of drug-likeness (QED) is 0.922. The Kier molecular flexibility index (Phi) is 4.81. The average molecular weight is 295 g/mol. The molecule has 4 heteroatoms. The van der Waals surface area contributed by atoms with Crippen LogP contribution in [0.2, 0.25) is 0 Å². The van der Waals surface area contributed by atoms with E-state index in [4.69, 9.17) is 0 Å². The number of nitrogens with zero attached hydrogens (tertiary/aromatic N) is 2. The number of pyridine rings is 1. The zero-order valence-corrected chi connectivity index (χ0v) is 12.6. The molecule has 1 aromatic carbocycles. The van der Waals surface area contributed by atoms with Gasteiger partial charge in [0.1, 0.15) is 0 Å². The van der Waals surface area contributed by atoms with Crippen molar-refractivity contribution in [2.24, 2.45) is 0 Å². The van der Waals surface area contributed by atoms with Gasteiger partial charge in [-0.2, -0.15) is 0 Å². The molecule has 0 radical (unpaired) electrons. The molecule has 22 heavy (non-hydrogen) atoms. The lowest BCUT2D eigenvalue weighted by molar-refractivity contribution is 0.0927. The number of amides is 1. The predicted octanol–water partition coefficient (Wildman–Crippen LogP) is 2.65. The van der Waals surface area contributed by atoms with E-state index in [0.717, 1.165) is 25.2 Å². The fourth-order valence-corrected chi connectivity index (χ4v) is 2.89. The molecule has 0 spiro atoms. The van der Waals surface area contributed by atoms with E-state index in [1.807, 2.05) is 18.2 Å². The minimum atomic E-state index is -0.0459. The van der Waals surface area contributed by atoms with Gasteiger partial charge in [-0.25, -0.2) is 0 Å². The summed E-state index contributed by atoms with van der Waals surface area (Å²) >= 11 is 0. The van der Waals surface area contributed by atoms with E-state index in [2.05, 4.69) is 27.3 Å². The SMILES string of the molecule is O=C(NC(CN1CCCC1)c1ccccc1)c1ccncc1. The Labute approximate surface area is 131 Å². The Hall–Kier alpha value is -2.20. The monoisotopic (exact) mass is 295 g/mol. The highest BCUT2D eigenvalue weighted by molar-refractivity contribution is 5.94. The Balaban J connectivity index is 1.74. The van der Waals surface area contributed by atoms with Crippen LogP contribution in [-0.2, 0) is 0 Å². The number of likely N-dealkylation sites (tertiary alicyclic amines) is 1. The minimum Gasteiger partial charge on any atom is -0.344 e. The highest BCUT2D eigenvalue weighted by atomic mass is 16.1. The second-order valence-corrected chi connectivity index (χ2v) is 5.68. The number of carbonyl (C=O) groups excluding carboxylic acids is 1. The molecule has 1 aliphatic rings. The summed E-state index contributed by atoms with van der Waals surface area (Å²) in [6, 6.07) is 13.7. The highest BCUT2D eigenvalue weighted by Crippen LogP contribution is 2.18. The van der Waals surface area contributed by atoms with Crippen LogP contribution in [0.1, 0.15) is 34.8 Å². The van der Waals surface area contributed by atoms with E-state index < -0.39 is 0 Å². The summed E-state index contributed by atoms with van der Waals surface area (Å²) in [7, 11) is 0. The number of rotatable bonds is 5. The molecule has 1 aromatic heterocycles. The van der Waals surface area contributed by atoms with Crippen LogP contribution in [0.25, 0.3) is 0 Å². The van der Waals surface area contributed by atoms with Crippen molar-refractivity contribution in [3.8, 4) is 0 Å². The van der Waals surface area contributed by atoms with E-state index in [0.29, 0.717) is 5.56 Å². The molecule has 2 heterocycles. The number of hydrogen-bond acceptors (Lipinski definition) is 3. The van der Waals surface area contributed by atoms with Gasteiger partial charge < -0.3 is 10.2 Å². The fraction of sp³-hybridized carbons (Fsp3) is 0.333. The van der Waals surface area contributed by atoms with Crippen molar-refractivity contribution in [2.45, 2.75) is 18.9 Å². The van der Waals surface area contributed by atoms with E-state index in [1.54, 1.807) is 24.5 Å². The van der Waals surface area contributed by atoms with E-state index in [9.17, 15) is 4.79 Å². The molecule has 1 unspecified atom stereocenters. The van der Waals surface area contributed by atoms with Crippen molar-refractivity contribution < 1.29 is 4.79 Å². The zero-order chi connectivity index (χ0) is 15.2. The van der Waals surface area contributed by atoms with Crippen LogP contribution in [0.15, 0.2) is 54.9 Å². The maximum Gasteiger partial charge on any atom is 0.251 e. The van der Waals surface area contributed by atoms with Crippen LogP contribution in [0, 0.1) is 0 Å². The van der Waals surface area contributed by atoms with Gasteiger partial charge in [0.05, 0.1) is 6.04 Å². The molecular formula is C18H21N3O. The van der Waals surface area contributed by atoms with Crippen molar-refractivity contribution in [2.75, 3.05) is 19.6 Å². The van der Waals surface area contributed by atoms with Crippen molar-refractivity contribution in [1.29, 1.82) is 0 Å². The van der Waals surface area contributed by atoms with Gasteiger partial charge in [0.15, 0.2) is 0 Å². The first-order valence-corrected chi connectivity index (χ1v) is 7.81. The molecule has 3 rings (SSSR count). The smallest absolute Gasteiger partial charge is 0.251 e. The molecule has 1 fully saturated rings. The fourth-order valence-electron chi connectivity index (χ4n) is 2.89. The molecule has 114 valence electrons. The van der Waals surface area contributed by atoms with Gasteiger partial charge in [0.2, 0.25) is 0 Å². The largest absolute Gasteiger partial charge is 0.344 e. The zero-order valence-electron chi connectivity index (χ0n) is 12.6. The van der Waals surface area contributed by atoms with Gasteiger partial charge in [0.25, 0.3) is 5.91 Å². The Bertz CT molecular complexity index is 594. The summed E-state index contributed by atoms with van der Waals surface area (Å²) < 4.78 is 0. The van der Waals surface area contributed by atoms with Gasteiger partial charge in [-0.15, -0.1) is 0 Å². The first-order valence-electron chi connectivity index (χ1n) is 7.81. The number of hydrogen-bond donors (Lipinski definition) is 1. The Morgan fingerprint density at radius 2 is 1.77 bits per heavy atom. The number of carbonyl (C=O) groups is 1. The molecule has 1 atom stereocenters. The van der Waals surface area contributed by atoms with Crippen molar-refractivity contribution in [3.05, 3.63) is 66.0 Å². The van der Waals surface area contributed by atoms with Crippen molar-refractivity contribution in [3.63, 3.8) is 0 Å². The molecule has 0 aliphatic carbocycles. The first kappa shape index (κ1) is 14.7. The summed E-state index contributed by atoms with van der Waals surface area (Å²) in [6.07, 6.45) is 5.79. The van der Waals surface area contributed by atoms with Crippen LogP contribution in [0.5, 0.6) is 0 Å². The van der Waals surface area contributed by atoms with Gasteiger partial charge in [-0.3, -0.25) is 9.78 Å². The topological polar surface area (TPSA) is 45.2 Å². The third-order valence-electron chi connectivity index (χ3n) is 4.09. The maximum atomic E-state index is 12.4. The second-order valence-electron chi connectivity index (χ2n) is 5.68. The summed E-state index contributed by atoms with van der Waals surface area (Å²) in [5.74, 6) is -0.0459. The van der Waals surface area contributed by atoms with Crippen molar-refractivity contribution in [1.82, 2.24) is 15.2 Å². The molecule has 1 amide bonds. The predicted molar refractivity (Wildman–Crippen MR) is 86.6 cm³/mol. The molecule has 0 saturated carbocycles. The molecular weight excluding hydrogens is 274 g/mol. The van der Waals surface area contributed by atoms with E-state index >= 15 is 0 Å². The first-order chi connectivity index (χ1) is 10.8. The van der Waals surface area contributed by atoms with Crippen LogP contribution in [-0.4, -0.2) is 35.4 Å². The number of benzene rings is 1. The van der Waals surface area contributed by atoms with Crippen LogP contribution < -0.4 is 5.32 Å². The van der Waals surface area contributed by atoms with Gasteiger partial charge >= 0.3 is 0 Å². The third-order valence-corrected chi connectivity index (χ3v) is 4.09. The molecule has 1 N–H and O–H groups in total. The molecule has 2 aromatic rings. The van der Waals surface area contributed by atoms with Gasteiger partial charge in [-0.1, -0.05) is 30.3 Å². The highest BCUT2D eigenvalue weighted by Gasteiger charge is 2.21. The molecule has 1 saturated heterocycles. The summed E-state index contributed by atoms with van der Waals surface area (Å²) in [4.78, 5) is 18.8. The van der Waals surface area contributed by atoms with Crippen LogP contribution >= 0.6 is 0 Å². The molecule has 4 nitrogen and oxygen atoms in total. The lowest BCUT2D eigenvalue weighted by Gasteiger charge is -2.25. The van der Waals surface area contributed by atoms with Crippen molar-refractivity contribution >= 4 is 5.91 Å². The maximum absolute atomic E-state index is 12.4. The standard InChI is InChI=1S/C18H21N3O/c22-18(16-8-10-19-11-9-16)20-17(14-21-12-4-5-13-21)15-6-2-1-3-7-15/h1-3,6-11,17H,4-5,12-14H2,(H,20,22). The summed E-state index contributed by atoms with van der Waals surface area (Å²) in [5, 5.41) is 3.17. The summed E-state index contributed by atoms with van der Waals surface area (Å²) in [5.41, 5.74) is 1.80. The molecule has 1 aliphatic heterocycles. The second kappa shape index (κ2) is 7.18. The Morgan fingerprint density at radius 3 is 2.45 bits per heavy atom. The van der Waals surface area contributed by atoms with Crippen LogP contribution in [0.3, 0.4) is 0 Å².